The minimum Gasteiger partial charge on any atom is -0.483 e. The SMILES string of the molecule is CCCCCCN1C(=O)C=CC1=O.CCCCCCSCNC(=O)CNC(=O)CNC(=O)CNC=O.O=CO. The Morgan fingerprint density at radius 3 is 1.79 bits per heavy atom. The van der Waals surface area contributed by atoms with Crippen molar-refractivity contribution in [2.24, 2.45) is 0 Å². The first-order valence-corrected chi connectivity index (χ1v) is 14.1. The summed E-state index contributed by atoms with van der Waals surface area (Å²) in [5.41, 5.74) is 0. The quantitative estimate of drug-likeness (QED) is 0.0635. The van der Waals surface area contributed by atoms with Gasteiger partial charge in [0.1, 0.15) is 0 Å². The highest BCUT2D eigenvalue weighted by Crippen LogP contribution is 2.07. The van der Waals surface area contributed by atoms with Crippen molar-refractivity contribution in [3.05, 3.63) is 12.2 Å². The normalized spacial score (nSPS) is 11.4. The first-order chi connectivity index (χ1) is 18.8. The third-order valence-electron chi connectivity index (χ3n) is 4.89. The van der Waals surface area contributed by atoms with Gasteiger partial charge in [0, 0.05) is 18.7 Å². The fourth-order valence-electron chi connectivity index (χ4n) is 2.86. The number of nitrogens with one attached hydrogen (secondary N) is 4. The zero-order chi connectivity index (χ0) is 29.7. The molecule has 1 rings (SSSR count). The summed E-state index contributed by atoms with van der Waals surface area (Å²) in [6, 6.07) is 0. The molecule has 0 aromatic carbocycles. The number of carbonyl (C=O) groups excluding carboxylic acids is 6. The molecule has 0 aromatic rings. The van der Waals surface area contributed by atoms with Gasteiger partial charge in [-0.25, -0.2) is 0 Å². The van der Waals surface area contributed by atoms with E-state index in [0.29, 0.717) is 18.8 Å². The molecule has 6 amide bonds. The highest BCUT2D eigenvalue weighted by atomic mass is 32.2. The van der Waals surface area contributed by atoms with Crippen LogP contribution in [0.25, 0.3) is 0 Å². The van der Waals surface area contributed by atoms with Gasteiger partial charge < -0.3 is 26.4 Å². The van der Waals surface area contributed by atoms with Gasteiger partial charge in [0.15, 0.2) is 0 Å². The molecular weight excluding hydrogens is 530 g/mol. The number of hydrogen-bond acceptors (Lipinski definition) is 8. The maximum absolute atomic E-state index is 11.5. The Morgan fingerprint density at radius 2 is 1.28 bits per heavy atom. The number of hydrogen-bond donors (Lipinski definition) is 5. The number of amides is 6. The molecule has 0 aliphatic carbocycles. The summed E-state index contributed by atoms with van der Waals surface area (Å²) in [5.74, 6) is -0.0121. The van der Waals surface area contributed by atoms with Crippen LogP contribution in [-0.2, 0) is 33.6 Å². The first-order valence-electron chi connectivity index (χ1n) is 12.9. The summed E-state index contributed by atoms with van der Waals surface area (Å²) in [5, 5.41) is 16.5. The van der Waals surface area contributed by atoms with Crippen LogP contribution in [0.15, 0.2) is 12.2 Å². The van der Waals surface area contributed by atoms with Crippen molar-refractivity contribution in [1.82, 2.24) is 26.2 Å². The maximum Gasteiger partial charge on any atom is 0.290 e. The lowest BCUT2D eigenvalue weighted by Crippen LogP contribution is -2.43. The molecule has 0 saturated heterocycles. The van der Waals surface area contributed by atoms with Crippen LogP contribution in [-0.4, -0.2) is 90.2 Å². The van der Waals surface area contributed by atoms with Gasteiger partial charge in [-0.05, 0) is 18.6 Å². The van der Waals surface area contributed by atoms with E-state index in [1.807, 2.05) is 0 Å². The van der Waals surface area contributed by atoms with Gasteiger partial charge in [0.25, 0.3) is 18.3 Å². The number of unbranched alkanes of at least 4 members (excludes halogenated alkanes) is 6. The smallest absolute Gasteiger partial charge is 0.290 e. The number of carboxylic acid groups (broad SMARTS) is 1. The summed E-state index contributed by atoms with van der Waals surface area (Å²) in [6.07, 6.45) is 12.2. The van der Waals surface area contributed by atoms with E-state index in [9.17, 15) is 28.8 Å². The Morgan fingerprint density at radius 1 is 0.795 bits per heavy atom. The number of nitrogens with zero attached hydrogens (tertiary/aromatic N) is 1. The zero-order valence-electron chi connectivity index (χ0n) is 22.9. The van der Waals surface area contributed by atoms with E-state index in [1.54, 1.807) is 11.8 Å². The second-order valence-corrected chi connectivity index (χ2v) is 9.20. The first kappa shape index (κ1) is 37.7. The van der Waals surface area contributed by atoms with Crippen LogP contribution in [0.4, 0.5) is 0 Å². The van der Waals surface area contributed by atoms with Crippen LogP contribution in [0.1, 0.15) is 65.2 Å². The van der Waals surface area contributed by atoms with Gasteiger partial charge in [-0.15, -0.1) is 11.8 Å². The standard InChI is InChI=1S/C14H26N4O4S.C10H15NO2.CH2O2/c1-2-3-4-5-6-23-11-18-14(22)9-17-13(21)8-16-12(20)7-15-10-19;1-2-3-4-5-8-11-9(12)6-7-10(11)13;2-1-3/h10H,2-9,11H2,1H3,(H,15,19)(H,16,20)(H,17,21)(H,18,22);6-7H,2-5,8H2,1H3;1H,(H,2,3). The Balaban J connectivity index is 0. The topological polar surface area (TPSA) is 191 Å². The van der Waals surface area contributed by atoms with Crippen molar-refractivity contribution in [3.63, 3.8) is 0 Å². The number of carbonyl (C=O) groups is 7. The van der Waals surface area contributed by atoms with Crippen LogP contribution < -0.4 is 21.3 Å². The highest BCUT2D eigenvalue weighted by Gasteiger charge is 2.21. The predicted octanol–water partition coefficient (Wildman–Crippen LogP) is 0.545. The zero-order valence-corrected chi connectivity index (χ0v) is 23.7. The summed E-state index contributed by atoms with van der Waals surface area (Å²) >= 11 is 1.65. The van der Waals surface area contributed by atoms with Crippen molar-refractivity contribution in [2.45, 2.75) is 65.2 Å². The van der Waals surface area contributed by atoms with E-state index < -0.39 is 11.8 Å². The molecule has 222 valence electrons. The lowest BCUT2D eigenvalue weighted by Gasteiger charge is -2.12. The Hall–Kier alpha value is -3.42. The molecule has 0 aromatic heterocycles. The summed E-state index contributed by atoms with van der Waals surface area (Å²) in [6.45, 7) is 4.07. The van der Waals surface area contributed by atoms with Crippen molar-refractivity contribution in [3.8, 4) is 0 Å². The monoisotopic (exact) mass is 573 g/mol. The van der Waals surface area contributed by atoms with Crippen LogP contribution in [0.3, 0.4) is 0 Å². The van der Waals surface area contributed by atoms with Gasteiger partial charge in [0.05, 0.1) is 25.5 Å². The van der Waals surface area contributed by atoms with Gasteiger partial charge in [-0.2, -0.15) is 0 Å². The van der Waals surface area contributed by atoms with Crippen molar-refractivity contribution in [2.75, 3.05) is 37.8 Å². The molecule has 0 saturated carbocycles. The highest BCUT2D eigenvalue weighted by molar-refractivity contribution is 7.99. The van der Waals surface area contributed by atoms with E-state index in [2.05, 4.69) is 35.1 Å². The summed E-state index contributed by atoms with van der Waals surface area (Å²) in [4.78, 5) is 75.8. The van der Waals surface area contributed by atoms with E-state index in [-0.39, 0.29) is 43.8 Å². The molecular formula is C25H43N5O8S. The predicted molar refractivity (Wildman–Crippen MR) is 148 cm³/mol. The summed E-state index contributed by atoms with van der Waals surface area (Å²) < 4.78 is 0. The van der Waals surface area contributed by atoms with E-state index in [1.165, 1.54) is 49.2 Å². The number of rotatable bonds is 19. The number of thioether (sulfide) groups is 1. The van der Waals surface area contributed by atoms with Crippen LogP contribution in [0.5, 0.6) is 0 Å². The summed E-state index contributed by atoms with van der Waals surface area (Å²) in [7, 11) is 0. The van der Waals surface area contributed by atoms with Crippen molar-refractivity contribution >= 4 is 54.2 Å². The minimum absolute atomic E-state index is 0.127. The van der Waals surface area contributed by atoms with Crippen LogP contribution >= 0.6 is 11.8 Å². The molecule has 0 unspecified atom stereocenters. The molecule has 0 radical (unpaired) electrons. The molecule has 0 spiro atoms. The maximum atomic E-state index is 11.5. The Bertz CT molecular complexity index is 762. The molecule has 0 fully saturated rings. The number of imide groups is 1. The van der Waals surface area contributed by atoms with E-state index >= 15 is 0 Å². The largest absolute Gasteiger partial charge is 0.483 e. The molecule has 39 heavy (non-hydrogen) atoms. The van der Waals surface area contributed by atoms with Gasteiger partial charge >= 0.3 is 0 Å². The second-order valence-electron chi connectivity index (χ2n) is 8.09. The lowest BCUT2D eigenvalue weighted by atomic mass is 10.2. The molecule has 1 heterocycles. The van der Waals surface area contributed by atoms with Crippen LogP contribution in [0, 0.1) is 0 Å². The average Bonchev–Trinajstić information content (AvgIpc) is 3.24. The fourth-order valence-corrected chi connectivity index (χ4v) is 3.68. The Kier molecular flexibility index (Phi) is 26.7. The van der Waals surface area contributed by atoms with Gasteiger partial charge in [-0.3, -0.25) is 38.5 Å². The average molecular weight is 574 g/mol. The molecule has 0 atom stereocenters. The van der Waals surface area contributed by atoms with E-state index in [4.69, 9.17) is 9.90 Å². The third kappa shape index (κ3) is 24.7. The third-order valence-corrected chi connectivity index (χ3v) is 5.81. The molecule has 5 N–H and O–H groups in total. The molecule has 1 aliphatic rings. The van der Waals surface area contributed by atoms with Crippen molar-refractivity contribution < 1.29 is 38.7 Å². The minimum atomic E-state index is -0.476. The molecule has 0 bridgehead atoms. The van der Waals surface area contributed by atoms with Crippen molar-refractivity contribution in [1.29, 1.82) is 0 Å². The molecule has 14 heteroatoms. The van der Waals surface area contributed by atoms with E-state index in [0.717, 1.165) is 25.0 Å². The van der Waals surface area contributed by atoms with Gasteiger partial charge in [-0.1, -0.05) is 52.4 Å². The fraction of sp³-hybridized carbons (Fsp3) is 0.640. The molecule has 13 nitrogen and oxygen atoms in total. The molecule has 1 aliphatic heterocycles. The van der Waals surface area contributed by atoms with Crippen LogP contribution in [0.2, 0.25) is 0 Å². The van der Waals surface area contributed by atoms with Gasteiger partial charge in [0.2, 0.25) is 24.1 Å². The second kappa shape index (κ2) is 27.6. The lowest BCUT2D eigenvalue weighted by molar-refractivity contribution is -0.137. The Labute approximate surface area is 234 Å².